The zero-order chi connectivity index (χ0) is 8.69. The van der Waals surface area contributed by atoms with E-state index in [9.17, 15) is 14.4 Å². The van der Waals surface area contributed by atoms with E-state index in [2.05, 4.69) is 10.1 Å². The first-order chi connectivity index (χ1) is 5.22. The maximum atomic E-state index is 10.2. The Labute approximate surface area is 62.1 Å². The highest BCUT2D eigenvalue weighted by molar-refractivity contribution is 5.74. The van der Waals surface area contributed by atoms with Gasteiger partial charge in [0.05, 0.1) is 6.54 Å². The molecule has 0 aromatic heterocycles. The summed E-state index contributed by atoms with van der Waals surface area (Å²) in [6.45, 7) is -0.206. The lowest BCUT2D eigenvalue weighted by Gasteiger charge is -2.07. The second-order valence-corrected chi connectivity index (χ2v) is 1.59. The van der Waals surface area contributed by atoms with Crippen molar-refractivity contribution in [2.45, 2.75) is 6.10 Å². The molecule has 0 bridgehead atoms. The standard InChI is InChI=1S/C5H7NO5/c7-2-6-1-4(5(9)10)11-3-8/h2-4H,1H2,(H,6,7)(H,9,10). The Hall–Kier alpha value is -1.59. The maximum Gasteiger partial charge on any atom is 0.346 e. The number of hydrogen-bond acceptors (Lipinski definition) is 4. The molecule has 0 saturated heterocycles. The molecule has 0 rings (SSSR count). The molecule has 0 aliphatic heterocycles. The largest absolute Gasteiger partial charge is 0.478 e. The van der Waals surface area contributed by atoms with Gasteiger partial charge in [-0.1, -0.05) is 0 Å². The van der Waals surface area contributed by atoms with Gasteiger partial charge in [0.1, 0.15) is 0 Å². The van der Waals surface area contributed by atoms with E-state index in [0.717, 1.165) is 0 Å². The molecule has 0 saturated carbocycles. The number of ether oxygens (including phenoxy) is 1. The summed E-state index contributed by atoms with van der Waals surface area (Å²) in [5.41, 5.74) is 0. The van der Waals surface area contributed by atoms with Gasteiger partial charge in [-0.15, -0.1) is 0 Å². The number of nitrogens with one attached hydrogen (secondary N) is 1. The van der Waals surface area contributed by atoms with Crippen LogP contribution in [0.2, 0.25) is 0 Å². The lowest BCUT2D eigenvalue weighted by Crippen LogP contribution is -2.34. The first-order valence-corrected chi connectivity index (χ1v) is 2.71. The van der Waals surface area contributed by atoms with Crippen molar-refractivity contribution < 1.29 is 24.2 Å². The fourth-order valence-corrected chi connectivity index (χ4v) is 0.416. The molecule has 2 N–H and O–H groups in total. The van der Waals surface area contributed by atoms with Gasteiger partial charge in [0.15, 0.2) is 0 Å². The first kappa shape index (κ1) is 9.41. The molecule has 1 atom stereocenters. The van der Waals surface area contributed by atoms with Gasteiger partial charge in [0.2, 0.25) is 12.5 Å². The fourth-order valence-electron chi connectivity index (χ4n) is 0.416. The molecule has 0 aliphatic rings. The minimum Gasteiger partial charge on any atom is -0.478 e. The number of amides is 1. The van der Waals surface area contributed by atoms with E-state index in [1.807, 2.05) is 0 Å². The van der Waals surface area contributed by atoms with Crippen molar-refractivity contribution in [2.75, 3.05) is 6.54 Å². The summed E-state index contributed by atoms with van der Waals surface area (Å²) < 4.78 is 4.10. The van der Waals surface area contributed by atoms with Gasteiger partial charge >= 0.3 is 5.97 Å². The molecule has 6 heteroatoms. The van der Waals surface area contributed by atoms with Crippen molar-refractivity contribution in [2.24, 2.45) is 0 Å². The molecule has 0 aromatic rings. The Morgan fingerprint density at radius 2 is 2.27 bits per heavy atom. The molecule has 0 aromatic carbocycles. The Morgan fingerprint density at radius 1 is 1.64 bits per heavy atom. The van der Waals surface area contributed by atoms with Crippen LogP contribution in [0, 0.1) is 0 Å². The summed E-state index contributed by atoms with van der Waals surface area (Å²) in [5.74, 6) is -1.30. The quantitative estimate of drug-likeness (QED) is 0.455. The second kappa shape index (κ2) is 5.21. The maximum absolute atomic E-state index is 10.2. The molecule has 1 unspecified atom stereocenters. The summed E-state index contributed by atoms with van der Waals surface area (Å²) in [7, 11) is 0. The van der Waals surface area contributed by atoms with Crippen LogP contribution in [0.15, 0.2) is 0 Å². The zero-order valence-corrected chi connectivity index (χ0v) is 5.52. The number of carbonyl (C=O) groups excluding carboxylic acids is 2. The molecule has 62 valence electrons. The van der Waals surface area contributed by atoms with E-state index < -0.39 is 12.1 Å². The number of rotatable bonds is 6. The molecule has 11 heavy (non-hydrogen) atoms. The summed E-state index contributed by atoms with van der Waals surface area (Å²) in [5, 5.41) is 10.4. The number of carboxylic acid groups (broad SMARTS) is 1. The summed E-state index contributed by atoms with van der Waals surface area (Å²) >= 11 is 0. The third-order valence-corrected chi connectivity index (χ3v) is 0.882. The van der Waals surface area contributed by atoms with Gasteiger partial charge in [0, 0.05) is 0 Å². The van der Waals surface area contributed by atoms with Crippen molar-refractivity contribution in [1.82, 2.24) is 5.32 Å². The van der Waals surface area contributed by atoms with Crippen molar-refractivity contribution in [3.05, 3.63) is 0 Å². The Balaban J connectivity index is 3.77. The van der Waals surface area contributed by atoms with Crippen molar-refractivity contribution in [3.63, 3.8) is 0 Å². The molecule has 0 fully saturated rings. The molecule has 0 heterocycles. The third-order valence-electron chi connectivity index (χ3n) is 0.882. The predicted octanol–water partition coefficient (Wildman–Crippen LogP) is -1.64. The summed E-state index contributed by atoms with van der Waals surface area (Å²) in [4.78, 5) is 29.5. The van der Waals surface area contributed by atoms with E-state index in [0.29, 0.717) is 6.41 Å². The summed E-state index contributed by atoms with van der Waals surface area (Å²) in [6.07, 6.45) is -0.984. The van der Waals surface area contributed by atoms with E-state index in [-0.39, 0.29) is 13.0 Å². The van der Waals surface area contributed by atoms with E-state index in [1.165, 1.54) is 0 Å². The number of aliphatic carboxylic acids is 1. The SMILES string of the molecule is O=CNCC(OC=O)C(=O)O. The van der Waals surface area contributed by atoms with Gasteiger partial charge in [-0.2, -0.15) is 0 Å². The average molecular weight is 161 g/mol. The highest BCUT2D eigenvalue weighted by atomic mass is 16.5. The fraction of sp³-hybridized carbons (Fsp3) is 0.400. The van der Waals surface area contributed by atoms with Crippen LogP contribution in [-0.4, -0.2) is 36.6 Å². The topological polar surface area (TPSA) is 92.7 Å². The van der Waals surface area contributed by atoms with Crippen molar-refractivity contribution >= 4 is 18.9 Å². The minimum absolute atomic E-state index is 0.0191. The van der Waals surface area contributed by atoms with Crippen molar-refractivity contribution in [1.29, 1.82) is 0 Å². The number of hydrogen-bond donors (Lipinski definition) is 2. The normalized spacial score (nSPS) is 11.3. The lowest BCUT2D eigenvalue weighted by atomic mass is 10.3. The van der Waals surface area contributed by atoms with Gasteiger partial charge in [-0.25, -0.2) is 4.79 Å². The highest BCUT2D eigenvalue weighted by Gasteiger charge is 2.16. The average Bonchev–Trinajstić information content (AvgIpc) is 1.97. The third kappa shape index (κ3) is 3.90. The zero-order valence-electron chi connectivity index (χ0n) is 5.52. The van der Waals surface area contributed by atoms with Crippen LogP contribution in [0.5, 0.6) is 0 Å². The van der Waals surface area contributed by atoms with Crippen LogP contribution in [-0.2, 0) is 19.1 Å². The van der Waals surface area contributed by atoms with Crippen LogP contribution in [0.25, 0.3) is 0 Å². The molecular formula is C5H7NO5. The van der Waals surface area contributed by atoms with Gasteiger partial charge in [0.25, 0.3) is 6.47 Å². The smallest absolute Gasteiger partial charge is 0.346 e. The van der Waals surface area contributed by atoms with Gasteiger partial charge in [-0.05, 0) is 0 Å². The highest BCUT2D eigenvalue weighted by Crippen LogP contribution is 1.86. The molecule has 1 amide bonds. The second-order valence-electron chi connectivity index (χ2n) is 1.59. The molecular weight excluding hydrogens is 154 g/mol. The molecule has 6 nitrogen and oxygen atoms in total. The van der Waals surface area contributed by atoms with Crippen LogP contribution in [0.4, 0.5) is 0 Å². The Kier molecular flexibility index (Phi) is 4.46. The first-order valence-electron chi connectivity index (χ1n) is 2.71. The van der Waals surface area contributed by atoms with Gasteiger partial charge in [-0.3, -0.25) is 9.59 Å². The molecule has 0 radical (unpaired) electrons. The molecule has 0 aliphatic carbocycles. The Bertz CT molecular complexity index is 157. The monoisotopic (exact) mass is 161 g/mol. The van der Waals surface area contributed by atoms with E-state index in [1.54, 1.807) is 0 Å². The number of carbonyl (C=O) groups is 3. The minimum atomic E-state index is -1.31. The number of carboxylic acids is 1. The van der Waals surface area contributed by atoms with Crippen LogP contribution >= 0.6 is 0 Å². The van der Waals surface area contributed by atoms with Crippen LogP contribution < -0.4 is 5.32 Å². The van der Waals surface area contributed by atoms with Crippen LogP contribution in [0.3, 0.4) is 0 Å². The van der Waals surface area contributed by atoms with E-state index in [4.69, 9.17) is 5.11 Å². The van der Waals surface area contributed by atoms with E-state index >= 15 is 0 Å². The van der Waals surface area contributed by atoms with Crippen molar-refractivity contribution in [3.8, 4) is 0 Å². The predicted molar refractivity (Wildman–Crippen MR) is 32.6 cm³/mol. The molecule has 0 spiro atoms. The van der Waals surface area contributed by atoms with Crippen LogP contribution in [0.1, 0.15) is 0 Å². The summed E-state index contributed by atoms with van der Waals surface area (Å²) in [6, 6.07) is 0. The Morgan fingerprint density at radius 3 is 2.64 bits per heavy atom. The lowest BCUT2D eigenvalue weighted by molar-refractivity contribution is -0.156. The van der Waals surface area contributed by atoms with Gasteiger partial charge < -0.3 is 15.2 Å².